The predicted molar refractivity (Wildman–Crippen MR) is 87.5 cm³/mol. The lowest BCUT2D eigenvalue weighted by molar-refractivity contribution is -0.125. The minimum absolute atomic E-state index is 0.0579. The van der Waals surface area contributed by atoms with Crippen molar-refractivity contribution in [1.82, 2.24) is 5.32 Å². The van der Waals surface area contributed by atoms with Gasteiger partial charge in [-0.25, -0.2) is 0 Å². The first-order chi connectivity index (χ1) is 11.1. The van der Waals surface area contributed by atoms with Gasteiger partial charge < -0.3 is 20.1 Å². The second-order valence-electron chi connectivity index (χ2n) is 5.78. The van der Waals surface area contributed by atoms with Crippen LogP contribution >= 0.6 is 0 Å². The lowest BCUT2D eigenvalue weighted by Crippen LogP contribution is -2.28. The summed E-state index contributed by atoms with van der Waals surface area (Å²) in [6, 6.07) is 5.60. The number of carbonyl (C=O) groups is 2. The van der Waals surface area contributed by atoms with Crippen molar-refractivity contribution in [2.24, 2.45) is 11.8 Å². The van der Waals surface area contributed by atoms with Gasteiger partial charge in [0, 0.05) is 20.3 Å². The van der Waals surface area contributed by atoms with Crippen molar-refractivity contribution >= 4 is 17.5 Å². The summed E-state index contributed by atoms with van der Waals surface area (Å²) < 4.78 is 10.2. The third-order valence-corrected chi connectivity index (χ3v) is 3.90. The van der Waals surface area contributed by atoms with Crippen LogP contribution in [-0.2, 0) is 14.3 Å². The number of benzene rings is 1. The number of rotatable bonds is 8. The lowest BCUT2D eigenvalue weighted by Gasteiger charge is -2.11. The molecule has 1 aliphatic carbocycles. The molecule has 0 radical (unpaired) electrons. The number of anilines is 1. The molecule has 1 aromatic rings. The first-order valence-corrected chi connectivity index (χ1v) is 7.79. The second kappa shape index (κ2) is 7.97. The van der Waals surface area contributed by atoms with E-state index in [1.54, 1.807) is 14.2 Å². The number of methoxy groups -OCH3 is 2. The van der Waals surface area contributed by atoms with E-state index < -0.39 is 0 Å². The van der Waals surface area contributed by atoms with Crippen molar-refractivity contribution in [2.75, 3.05) is 32.7 Å². The van der Waals surface area contributed by atoms with Crippen molar-refractivity contribution in [3.8, 4) is 5.75 Å². The van der Waals surface area contributed by atoms with Crippen LogP contribution in [0.15, 0.2) is 18.2 Å². The maximum Gasteiger partial charge on any atom is 0.228 e. The average molecular weight is 320 g/mol. The van der Waals surface area contributed by atoms with E-state index in [2.05, 4.69) is 10.6 Å². The topological polar surface area (TPSA) is 76.7 Å². The number of ether oxygens (including phenoxy) is 2. The Bertz CT molecular complexity index is 574. The Labute approximate surface area is 136 Å². The fraction of sp³-hybridized carbons (Fsp3) is 0.529. The zero-order valence-electron chi connectivity index (χ0n) is 13.8. The number of nitrogens with one attached hydrogen (secondary N) is 2. The van der Waals surface area contributed by atoms with Gasteiger partial charge in [0.2, 0.25) is 11.8 Å². The monoisotopic (exact) mass is 320 g/mol. The summed E-state index contributed by atoms with van der Waals surface area (Å²) in [7, 11) is 3.19. The zero-order valence-corrected chi connectivity index (χ0v) is 13.8. The van der Waals surface area contributed by atoms with Crippen molar-refractivity contribution in [1.29, 1.82) is 0 Å². The van der Waals surface area contributed by atoms with Gasteiger partial charge in [-0.3, -0.25) is 9.59 Å². The van der Waals surface area contributed by atoms with E-state index in [0.717, 1.165) is 12.0 Å². The maximum atomic E-state index is 12.3. The lowest BCUT2D eigenvalue weighted by atomic mass is 10.2. The van der Waals surface area contributed by atoms with E-state index in [1.807, 2.05) is 25.1 Å². The molecule has 0 spiro atoms. The van der Waals surface area contributed by atoms with Gasteiger partial charge in [-0.15, -0.1) is 0 Å². The number of hydrogen-bond acceptors (Lipinski definition) is 4. The Balaban J connectivity index is 1.84. The molecule has 2 unspecified atom stereocenters. The van der Waals surface area contributed by atoms with Crippen LogP contribution in [0.1, 0.15) is 18.4 Å². The molecule has 1 fully saturated rings. The fourth-order valence-corrected chi connectivity index (χ4v) is 2.48. The summed E-state index contributed by atoms with van der Waals surface area (Å²) in [5, 5.41) is 5.70. The van der Waals surface area contributed by atoms with Crippen LogP contribution in [0.4, 0.5) is 5.69 Å². The first-order valence-electron chi connectivity index (χ1n) is 7.79. The van der Waals surface area contributed by atoms with Gasteiger partial charge in [0.25, 0.3) is 0 Å². The van der Waals surface area contributed by atoms with Crippen molar-refractivity contribution < 1.29 is 19.1 Å². The second-order valence-corrected chi connectivity index (χ2v) is 5.78. The molecule has 23 heavy (non-hydrogen) atoms. The number of hydrogen-bond donors (Lipinski definition) is 2. The Hall–Kier alpha value is -2.08. The Kier molecular flexibility index (Phi) is 5.98. The Morgan fingerprint density at radius 2 is 1.96 bits per heavy atom. The van der Waals surface area contributed by atoms with Crippen LogP contribution in [0, 0.1) is 18.8 Å². The van der Waals surface area contributed by atoms with Gasteiger partial charge in [0.05, 0.1) is 24.6 Å². The summed E-state index contributed by atoms with van der Waals surface area (Å²) in [5.41, 5.74) is 1.67. The van der Waals surface area contributed by atoms with Crippen LogP contribution in [0.2, 0.25) is 0 Å². The highest BCUT2D eigenvalue weighted by Gasteiger charge is 2.48. The maximum absolute atomic E-state index is 12.3. The highest BCUT2D eigenvalue weighted by atomic mass is 16.5. The molecule has 1 saturated carbocycles. The van der Waals surface area contributed by atoms with E-state index in [-0.39, 0.29) is 23.7 Å². The quantitative estimate of drug-likeness (QED) is 0.715. The SMILES string of the molecule is COCCCNC(=O)C1CC1C(=O)Nc1cc(C)ccc1OC. The first kappa shape index (κ1) is 17.3. The number of aryl methyl sites for hydroxylation is 1. The van der Waals surface area contributed by atoms with Gasteiger partial charge in [-0.2, -0.15) is 0 Å². The largest absolute Gasteiger partial charge is 0.495 e. The summed E-state index contributed by atoms with van der Waals surface area (Å²) in [6.07, 6.45) is 1.36. The highest BCUT2D eigenvalue weighted by Crippen LogP contribution is 2.40. The van der Waals surface area contributed by atoms with Crippen molar-refractivity contribution in [3.63, 3.8) is 0 Å². The molecule has 0 bridgehead atoms. The molecule has 0 aliphatic heterocycles. The van der Waals surface area contributed by atoms with Crippen molar-refractivity contribution in [2.45, 2.75) is 19.8 Å². The van der Waals surface area contributed by atoms with E-state index in [4.69, 9.17) is 9.47 Å². The molecule has 2 atom stereocenters. The summed E-state index contributed by atoms with van der Waals surface area (Å²) in [5.74, 6) is -0.0652. The van der Waals surface area contributed by atoms with Gasteiger partial charge in [0.1, 0.15) is 5.75 Å². The van der Waals surface area contributed by atoms with E-state index in [9.17, 15) is 9.59 Å². The van der Waals surface area contributed by atoms with Gasteiger partial charge in [-0.05, 0) is 37.5 Å². The summed E-state index contributed by atoms with van der Waals surface area (Å²) in [4.78, 5) is 24.2. The molecule has 1 aliphatic rings. The molecular formula is C17H24N2O4. The fourth-order valence-electron chi connectivity index (χ4n) is 2.48. The number of carbonyl (C=O) groups excluding carboxylic acids is 2. The zero-order chi connectivity index (χ0) is 16.8. The minimum atomic E-state index is -0.261. The van der Waals surface area contributed by atoms with Gasteiger partial charge in [0.15, 0.2) is 0 Å². The predicted octanol–water partition coefficient (Wildman–Crippen LogP) is 1.73. The third kappa shape index (κ3) is 4.69. The standard InChI is InChI=1S/C17H24N2O4/c1-11-5-6-15(23-3)14(9-11)19-17(21)13-10-12(13)16(20)18-7-4-8-22-2/h5-6,9,12-13H,4,7-8,10H2,1-3H3,(H,18,20)(H,19,21). The smallest absolute Gasteiger partial charge is 0.228 e. The molecule has 2 amide bonds. The highest BCUT2D eigenvalue weighted by molar-refractivity contribution is 6.00. The molecule has 0 aromatic heterocycles. The molecule has 2 rings (SSSR count). The molecule has 0 saturated heterocycles. The average Bonchev–Trinajstić information content (AvgIpc) is 3.32. The van der Waals surface area contributed by atoms with Crippen LogP contribution in [0.5, 0.6) is 5.75 Å². The molecule has 1 aromatic carbocycles. The summed E-state index contributed by atoms with van der Waals surface area (Å²) >= 11 is 0. The van der Waals surface area contributed by atoms with E-state index >= 15 is 0 Å². The van der Waals surface area contributed by atoms with Crippen molar-refractivity contribution in [3.05, 3.63) is 23.8 Å². The molecule has 6 heteroatoms. The van der Waals surface area contributed by atoms with Crippen LogP contribution < -0.4 is 15.4 Å². The van der Waals surface area contributed by atoms with Crippen LogP contribution in [0.3, 0.4) is 0 Å². The molecule has 126 valence electrons. The van der Waals surface area contributed by atoms with Gasteiger partial charge >= 0.3 is 0 Å². The van der Waals surface area contributed by atoms with Crippen LogP contribution in [0.25, 0.3) is 0 Å². The Morgan fingerprint density at radius 3 is 2.65 bits per heavy atom. The third-order valence-electron chi connectivity index (χ3n) is 3.90. The molecule has 2 N–H and O–H groups in total. The van der Waals surface area contributed by atoms with Gasteiger partial charge in [-0.1, -0.05) is 6.07 Å². The normalized spacial score (nSPS) is 19.1. The van der Waals surface area contributed by atoms with E-state index in [1.165, 1.54) is 0 Å². The van der Waals surface area contributed by atoms with Crippen LogP contribution in [-0.4, -0.2) is 39.2 Å². The van der Waals surface area contributed by atoms with E-state index in [0.29, 0.717) is 31.0 Å². The Morgan fingerprint density at radius 1 is 1.22 bits per heavy atom. The molecule has 0 heterocycles. The molecular weight excluding hydrogens is 296 g/mol. The molecule has 6 nitrogen and oxygen atoms in total. The number of amides is 2. The summed E-state index contributed by atoms with van der Waals surface area (Å²) in [6.45, 7) is 3.13. The minimum Gasteiger partial charge on any atom is -0.495 e.